The lowest BCUT2D eigenvalue weighted by atomic mass is 10.2. The summed E-state index contributed by atoms with van der Waals surface area (Å²) in [6.45, 7) is 2.36. The Labute approximate surface area is 108 Å². The monoisotopic (exact) mass is 265 g/mol. The van der Waals surface area contributed by atoms with Gasteiger partial charge < -0.3 is 11.1 Å². The summed E-state index contributed by atoms with van der Waals surface area (Å²) in [5.41, 5.74) is 8.35. The van der Waals surface area contributed by atoms with Gasteiger partial charge in [0.15, 0.2) is 0 Å². The van der Waals surface area contributed by atoms with Crippen molar-refractivity contribution in [2.45, 2.75) is 13.5 Å². The van der Waals surface area contributed by atoms with E-state index < -0.39 is 11.7 Å². The number of amides is 1. The van der Waals surface area contributed by atoms with Gasteiger partial charge in [-0.15, -0.1) is 11.3 Å². The summed E-state index contributed by atoms with van der Waals surface area (Å²) in [5, 5.41) is 2.94. The first kappa shape index (κ1) is 12.5. The highest BCUT2D eigenvalue weighted by Crippen LogP contribution is 2.19. The van der Waals surface area contributed by atoms with Crippen molar-refractivity contribution in [2.75, 3.05) is 5.32 Å². The fourth-order valence-electron chi connectivity index (χ4n) is 1.49. The molecule has 2 rings (SSSR count). The second-order valence-electron chi connectivity index (χ2n) is 3.77. The zero-order chi connectivity index (χ0) is 13.1. The molecule has 0 fully saturated rings. The molecule has 1 aromatic heterocycles. The van der Waals surface area contributed by atoms with Crippen LogP contribution in [0.15, 0.2) is 23.7 Å². The molecule has 0 saturated heterocycles. The van der Waals surface area contributed by atoms with Gasteiger partial charge in [-0.2, -0.15) is 0 Å². The van der Waals surface area contributed by atoms with E-state index in [0.717, 1.165) is 10.6 Å². The van der Waals surface area contributed by atoms with Gasteiger partial charge in [-0.05, 0) is 25.1 Å². The van der Waals surface area contributed by atoms with E-state index in [2.05, 4.69) is 10.3 Å². The zero-order valence-electron chi connectivity index (χ0n) is 9.74. The molecule has 1 amide bonds. The molecule has 0 radical (unpaired) electrons. The van der Waals surface area contributed by atoms with Crippen LogP contribution in [-0.4, -0.2) is 10.9 Å². The van der Waals surface area contributed by atoms with Crippen LogP contribution in [0.1, 0.15) is 20.9 Å². The number of rotatable bonds is 4. The number of anilines is 1. The molecule has 0 atom stereocenters. The van der Waals surface area contributed by atoms with Crippen LogP contribution in [0.25, 0.3) is 0 Å². The minimum atomic E-state index is -0.577. The van der Waals surface area contributed by atoms with E-state index >= 15 is 0 Å². The van der Waals surface area contributed by atoms with Crippen LogP contribution in [0.4, 0.5) is 10.1 Å². The first-order chi connectivity index (χ1) is 8.58. The third-order valence-electron chi connectivity index (χ3n) is 2.54. The minimum absolute atomic E-state index is 0.263. The van der Waals surface area contributed by atoms with Gasteiger partial charge >= 0.3 is 0 Å². The molecule has 3 N–H and O–H groups in total. The zero-order valence-corrected chi connectivity index (χ0v) is 10.6. The summed E-state index contributed by atoms with van der Waals surface area (Å²) >= 11 is 1.50. The number of nitrogens with one attached hydrogen (secondary N) is 1. The molecule has 0 aliphatic rings. The Bertz CT molecular complexity index is 582. The number of carbonyl (C=O) groups excluding carboxylic acids is 1. The van der Waals surface area contributed by atoms with Crippen LogP contribution in [0, 0.1) is 12.7 Å². The SMILES string of the molecule is Cc1ncsc1CNc1cc(C(N)=O)ccc1F. The van der Waals surface area contributed by atoms with Gasteiger partial charge in [0.2, 0.25) is 5.91 Å². The Morgan fingerprint density at radius 3 is 2.94 bits per heavy atom. The highest BCUT2D eigenvalue weighted by molar-refractivity contribution is 7.09. The van der Waals surface area contributed by atoms with Crippen LogP contribution >= 0.6 is 11.3 Å². The van der Waals surface area contributed by atoms with E-state index in [1.807, 2.05) is 6.92 Å². The summed E-state index contributed by atoms with van der Waals surface area (Å²) in [6.07, 6.45) is 0. The fraction of sp³-hybridized carbons (Fsp3) is 0.167. The third-order valence-corrected chi connectivity index (χ3v) is 3.47. The largest absolute Gasteiger partial charge is 0.378 e. The van der Waals surface area contributed by atoms with Crippen LogP contribution in [0.2, 0.25) is 0 Å². The van der Waals surface area contributed by atoms with Gasteiger partial charge in [-0.25, -0.2) is 9.37 Å². The Morgan fingerprint density at radius 2 is 2.33 bits per heavy atom. The Kier molecular flexibility index (Phi) is 3.57. The van der Waals surface area contributed by atoms with Crippen molar-refractivity contribution in [3.05, 3.63) is 45.7 Å². The molecular formula is C12H12FN3OS. The van der Waals surface area contributed by atoms with Crippen molar-refractivity contribution in [3.8, 4) is 0 Å². The van der Waals surface area contributed by atoms with Crippen molar-refractivity contribution >= 4 is 22.9 Å². The van der Waals surface area contributed by atoms with Gasteiger partial charge in [0.25, 0.3) is 0 Å². The molecule has 0 aliphatic heterocycles. The second kappa shape index (κ2) is 5.14. The lowest BCUT2D eigenvalue weighted by Crippen LogP contribution is -2.12. The number of thiazole rings is 1. The molecule has 0 saturated carbocycles. The number of aryl methyl sites for hydroxylation is 1. The average molecular weight is 265 g/mol. The van der Waals surface area contributed by atoms with Crippen LogP contribution in [-0.2, 0) is 6.54 Å². The van der Waals surface area contributed by atoms with Gasteiger partial charge in [0, 0.05) is 10.4 Å². The lowest BCUT2D eigenvalue weighted by molar-refractivity contribution is 0.100. The normalized spacial score (nSPS) is 10.3. The quantitative estimate of drug-likeness (QED) is 0.891. The summed E-state index contributed by atoms with van der Waals surface area (Å²) < 4.78 is 13.5. The number of nitrogens with zero attached hydrogens (tertiary/aromatic N) is 1. The Hall–Kier alpha value is -1.95. The van der Waals surface area contributed by atoms with E-state index in [-0.39, 0.29) is 11.3 Å². The Balaban J connectivity index is 2.16. The second-order valence-corrected chi connectivity index (χ2v) is 4.71. The van der Waals surface area contributed by atoms with E-state index in [9.17, 15) is 9.18 Å². The number of primary amides is 1. The topological polar surface area (TPSA) is 68.0 Å². The number of nitrogens with two attached hydrogens (primary N) is 1. The molecule has 2 aromatic rings. The van der Waals surface area contributed by atoms with Crippen LogP contribution in [0.3, 0.4) is 0 Å². The average Bonchev–Trinajstić information content (AvgIpc) is 2.73. The highest BCUT2D eigenvalue weighted by atomic mass is 32.1. The maximum absolute atomic E-state index is 13.5. The predicted octanol–water partition coefficient (Wildman–Crippen LogP) is 2.30. The van der Waals surface area contributed by atoms with Gasteiger partial charge in [0.05, 0.1) is 23.4 Å². The molecular weight excluding hydrogens is 253 g/mol. The third kappa shape index (κ3) is 2.65. The standard InChI is InChI=1S/C12H12FN3OS/c1-7-11(18-6-16-7)5-15-10-4-8(12(14)17)2-3-9(10)13/h2-4,6,15H,5H2,1H3,(H2,14,17). The number of hydrogen-bond acceptors (Lipinski definition) is 4. The summed E-state index contributed by atoms with van der Waals surface area (Å²) in [7, 11) is 0. The smallest absolute Gasteiger partial charge is 0.248 e. The molecule has 0 unspecified atom stereocenters. The number of carbonyl (C=O) groups is 1. The maximum atomic E-state index is 13.5. The van der Waals surface area contributed by atoms with Crippen molar-refractivity contribution in [1.82, 2.24) is 4.98 Å². The maximum Gasteiger partial charge on any atom is 0.248 e. The van der Waals surface area contributed by atoms with Crippen molar-refractivity contribution < 1.29 is 9.18 Å². The van der Waals surface area contributed by atoms with E-state index in [1.54, 1.807) is 5.51 Å². The lowest BCUT2D eigenvalue weighted by Gasteiger charge is -2.08. The summed E-state index contributed by atoms with van der Waals surface area (Å²) in [6, 6.07) is 4.00. The predicted molar refractivity (Wildman–Crippen MR) is 69.1 cm³/mol. The highest BCUT2D eigenvalue weighted by Gasteiger charge is 2.08. The summed E-state index contributed by atoms with van der Waals surface area (Å²) in [5.74, 6) is -0.991. The molecule has 0 bridgehead atoms. The number of halogens is 1. The Morgan fingerprint density at radius 1 is 1.56 bits per heavy atom. The van der Waals surface area contributed by atoms with Gasteiger partial charge in [0.1, 0.15) is 5.82 Å². The first-order valence-corrected chi connectivity index (χ1v) is 6.18. The molecule has 18 heavy (non-hydrogen) atoms. The number of hydrogen-bond donors (Lipinski definition) is 2. The molecule has 0 spiro atoms. The molecule has 4 nitrogen and oxygen atoms in total. The van der Waals surface area contributed by atoms with E-state index in [0.29, 0.717) is 6.54 Å². The van der Waals surface area contributed by atoms with Crippen molar-refractivity contribution in [1.29, 1.82) is 0 Å². The van der Waals surface area contributed by atoms with Crippen molar-refractivity contribution in [2.24, 2.45) is 5.73 Å². The number of aromatic nitrogens is 1. The molecule has 94 valence electrons. The van der Waals surface area contributed by atoms with Gasteiger partial charge in [-0.1, -0.05) is 0 Å². The van der Waals surface area contributed by atoms with E-state index in [1.165, 1.54) is 29.5 Å². The number of benzene rings is 1. The van der Waals surface area contributed by atoms with Crippen molar-refractivity contribution in [3.63, 3.8) is 0 Å². The van der Waals surface area contributed by atoms with Crippen LogP contribution in [0.5, 0.6) is 0 Å². The molecule has 0 aliphatic carbocycles. The summed E-state index contributed by atoms with van der Waals surface area (Å²) in [4.78, 5) is 16.2. The molecule has 6 heteroatoms. The fourth-order valence-corrected chi connectivity index (χ4v) is 2.20. The minimum Gasteiger partial charge on any atom is -0.378 e. The first-order valence-electron chi connectivity index (χ1n) is 5.30. The van der Waals surface area contributed by atoms with Gasteiger partial charge in [-0.3, -0.25) is 4.79 Å². The van der Waals surface area contributed by atoms with Crippen LogP contribution < -0.4 is 11.1 Å². The molecule has 1 aromatic carbocycles. The van der Waals surface area contributed by atoms with E-state index in [4.69, 9.17) is 5.73 Å². The molecule has 1 heterocycles.